The molecule has 0 aliphatic heterocycles. The zero-order chi connectivity index (χ0) is 8.10. The highest BCUT2D eigenvalue weighted by Crippen LogP contribution is 2.26. The number of nitrogens with zero attached hydrogens (tertiary/aromatic N) is 1. The highest BCUT2D eigenvalue weighted by atomic mass is 14.7. The van der Waals surface area contributed by atoms with Crippen molar-refractivity contribution in [2.24, 2.45) is 4.99 Å². The summed E-state index contributed by atoms with van der Waals surface area (Å²) >= 11 is 0. The zero-order valence-electron chi connectivity index (χ0n) is 6.71. The topological polar surface area (TPSA) is 12.4 Å². The Kier molecular flexibility index (Phi) is 2.84. The molecule has 0 bridgehead atoms. The molecule has 1 heteroatoms. The van der Waals surface area contributed by atoms with Crippen LogP contribution in [0, 0.1) is 0 Å². The van der Waals surface area contributed by atoms with Gasteiger partial charge in [-0.1, -0.05) is 25.3 Å². The molecule has 1 aliphatic carbocycles. The minimum absolute atomic E-state index is 1.09. The Morgan fingerprint density at radius 1 is 1.27 bits per heavy atom. The Bertz CT molecular complexity index is 221. The van der Waals surface area contributed by atoms with Gasteiger partial charge >= 0.3 is 0 Å². The standard InChI is InChI=1S/C10H13N/c1-3-8-11-10-7-5-6-9(10)4-2/h3-4,8H,1-2,5-7H2/b11-8-. The molecule has 1 nitrogen and oxygen atoms in total. The average Bonchev–Trinajstić information content (AvgIpc) is 2.47. The monoisotopic (exact) mass is 147 g/mol. The Labute approximate surface area is 67.8 Å². The maximum absolute atomic E-state index is 4.26. The first-order chi connectivity index (χ1) is 5.38. The number of hydrogen-bond donors (Lipinski definition) is 0. The molecule has 0 amide bonds. The molecule has 0 aromatic rings. The molecule has 0 atom stereocenters. The van der Waals surface area contributed by atoms with Crippen LogP contribution in [0.1, 0.15) is 19.3 Å². The van der Waals surface area contributed by atoms with Crippen LogP contribution in [0.25, 0.3) is 0 Å². The molecular formula is C10H13N. The van der Waals surface area contributed by atoms with Gasteiger partial charge in [0.05, 0.1) is 0 Å². The van der Waals surface area contributed by atoms with Crippen LogP contribution in [0.5, 0.6) is 0 Å². The minimum Gasteiger partial charge on any atom is -0.261 e. The third-order valence-electron chi connectivity index (χ3n) is 1.81. The molecule has 0 saturated heterocycles. The third-order valence-corrected chi connectivity index (χ3v) is 1.81. The van der Waals surface area contributed by atoms with Crippen LogP contribution < -0.4 is 0 Å². The first-order valence-electron chi connectivity index (χ1n) is 3.88. The van der Waals surface area contributed by atoms with Gasteiger partial charge in [-0.05, 0) is 24.8 Å². The SMILES string of the molecule is C=C/C=N\C1=C(C=C)CCC1. The van der Waals surface area contributed by atoms with Gasteiger partial charge in [-0.15, -0.1) is 0 Å². The first kappa shape index (κ1) is 7.99. The zero-order valence-corrected chi connectivity index (χ0v) is 6.71. The number of allylic oxidation sites excluding steroid dienone is 4. The Hall–Kier alpha value is -1.11. The quantitative estimate of drug-likeness (QED) is 0.544. The fraction of sp³-hybridized carbons (Fsp3) is 0.300. The van der Waals surface area contributed by atoms with Crippen LogP contribution in [-0.4, -0.2) is 6.21 Å². The molecule has 0 aromatic heterocycles. The van der Waals surface area contributed by atoms with Crippen LogP contribution >= 0.6 is 0 Å². The smallest absolute Gasteiger partial charge is 0.0435 e. The minimum atomic E-state index is 1.09. The van der Waals surface area contributed by atoms with E-state index in [0.29, 0.717) is 0 Å². The van der Waals surface area contributed by atoms with Gasteiger partial charge < -0.3 is 0 Å². The molecule has 58 valence electrons. The second-order valence-corrected chi connectivity index (χ2v) is 2.54. The maximum Gasteiger partial charge on any atom is 0.0435 e. The second kappa shape index (κ2) is 3.91. The van der Waals surface area contributed by atoms with E-state index in [1.807, 2.05) is 6.08 Å². The van der Waals surface area contributed by atoms with Crippen molar-refractivity contribution < 1.29 is 0 Å². The lowest BCUT2D eigenvalue weighted by atomic mass is 10.2. The van der Waals surface area contributed by atoms with E-state index in [1.165, 1.54) is 17.7 Å². The van der Waals surface area contributed by atoms with E-state index in [-0.39, 0.29) is 0 Å². The lowest BCUT2D eigenvalue weighted by molar-refractivity contribution is 0.895. The van der Waals surface area contributed by atoms with Crippen LogP contribution in [0.15, 0.2) is 41.6 Å². The van der Waals surface area contributed by atoms with Crippen molar-refractivity contribution in [2.75, 3.05) is 0 Å². The molecule has 1 rings (SSSR count). The Morgan fingerprint density at radius 2 is 2.09 bits per heavy atom. The molecule has 1 aliphatic rings. The maximum atomic E-state index is 4.26. The molecule has 0 unspecified atom stereocenters. The normalized spacial score (nSPS) is 17.8. The molecule has 0 N–H and O–H groups in total. The van der Waals surface area contributed by atoms with Crippen molar-refractivity contribution in [3.63, 3.8) is 0 Å². The largest absolute Gasteiger partial charge is 0.261 e. The van der Waals surface area contributed by atoms with E-state index in [4.69, 9.17) is 0 Å². The van der Waals surface area contributed by atoms with E-state index in [0.717, 1.165) is 12.8 Å². The van der Waals surface area contributed by atoms with E-state index in [2.05, 4.69) is 18.2 Å². The number of rotatable bonds is 3. The van der Waals surface area contributed by atoms with Crippen molar-refractivity contribution in [3.8, 4) is 0 Å². The molecule has 0 radical (unpaired) electrons. The summed E-state index contributed by atoms with van der Waals surface area (Å²) < 4.78 is 0. The molecular weight excluding hydrogens is 134 g/mol. The van der Waals surface area contributed by atoms with Gasteiger partial charge in [0.1, 0.15) is 0 Å². The fourth-order valence-electron chi connectivity index (χ4n) is 1.26. The predicted octanol–water partition coefficient (Wildman–Crippen LogP) is 2.87. The highest BCUT2D eigenvalue weighted by molar-refractivity contribution is 5.71. The summed E-state index contributed by atoms with van der Waals surface area (Å²) in [4.78, 5) is 4.26. The summed E-state index contributed by atoms with van der Waals surface area (Å²) in [5.74, 6) is 0. The fourth-order valence-corrected chi connectivity index (χ4v) is 1.26. The van der Waals surface area contributed by atoms with Gasteiger partial charge in [0.2, 0.25) is 0 Å². The van der Waals surface area contributed by atoms with Crippen LogP contribution in [0.4, 0.5) is 0 Å². The van der Waals surface area contributed by atoms with Gasteiger partial charge in [-0.2, -0.15) is 0 Å². The Morgan fingerprint density at radius 3 is 2.73 bits per heavy atom. The van der Waals surface area contributed by atoms with Crippen LogP contribution in [0.3, 0.4) is 0 Å². The van der Waals surface area contributed by atoms with Crippen molar-refractivity contribution >= 4 is 6.21 Å². The van der Waals surface area contributed by atoms with Crippen LogP contribution in [-0.2, 0) is 0 Å². The van der Waals surface area contributed by atoms with Gasteiger partial charge in [-0.25, -0.2) is 0 Å². The average molecular weight is 147 g/mol. The predicted molar refractivity (Wildman–Crippen MR) is 49.8 cm³/mol. The summed E-state index contributed by atoms with van der Waals surface area (Å²) in [5.41, 5.74) is 2.48. The van der Waals surface area contributed by atoms with E-state index in [9.17, 15) is 0 Å². The summed E-state index contributed by atoms with van der Waals surface area (Å²) in [6.45, 7) is 7.32. The van der Waals surface area contributed by atoms with Gasteiger partial charge in [0.15, 0.2) is 0 Å². The number of hydrogen-bond acceptors (Lipinski definition) is 1. The molecule has 0 spiro atoms. The highest BCUT2D eigenvalue weighted by Gasteiger charge is 2.09. The third kappa shape index (κ3) is 1.90. The summed E-state index contributed by atoms with van der Waals surface area (Å²) in [6, 6.07) is 0. The van der Waals surface area contributed by atoms with E-state index < -0.39 is 0 Å². The van der Waals surface area contributed by atoms with E-state index in [1.54, 1.807) is 12.3 Å². The molecule has 11 heavy (non-hydrogen) atoms. The van der Waals surface area contributed by atoms with Crippen molar-refractivity contribution in [1.29, 1.82) is 0 Å². The van der Waals surface area contributed by atoms with Crippen LogP contribution in [0.2, 0.25) is 0 Å². The second-order valence-electron chi connectivity index (χ2n) is 2.54. The lowest BCUT2D eigenvalue weighted by Crippen LogP contribution is -1.75. The summed E-state index contributed by atoms with van der Waals surface area (Å²) in [7, 11) is 0. The number of aliphatic imine (C=N–C) groups is 1. The van der Waals surface area contributed by atoms with Gasteiger partial charge in [0, 0.05) is 11.9 Å². The molecule has 0 aromatic carbocycles. The molecule has 0 saturated carbocycles. The first-order valence-corrected chi connectivity index (χ1v) is 3.88. The van der Waals surface area contributed by atoms with Crippen molar-refractivity contribution in [3.05, 3.63) is 36.6 Å². The molecule has 0 heterocycles. The van der Waals surface area contributed by atoms with Crippen molar-refractivity contribution in [1.82, 2.24) is 0 Å². The Balaban J connectivity index is 2.74. The summed E-state index contributed by atoms with van der Waals surface area (Å²) in [6.07, 6.45) is 8.78. The molecule has 0 fully saturated rings. The van der Waals surface area contributed by atoms with Gasteiger partial charge in [0.25, 0.3) is 0 Å². The van der Waals surface area contributed by atoms with Gasteiger partial charge in [-0.3, -0.25) is 4.99 Å². The van der Waals surface area contributed by atoms with E-state index >= 15 is 0 Å². The van der Waals surface area contributed by atoms with Crippen molar-refractivity contribution in [2.45, 2.75) is 19.3 Å². The summed E-state index contributed by atoms with van der Waals surface area (Å²) in [5, 5.41) is 0. The lowest BCUT2D eigenvalue weighted by Gasteiger charge is -1.93.